The number of ether oxygens (including phenoxy) is 1. The maximum atomic E-state index is 13.4. The number of carbonyl (C=O) groups excluding carboxylic acids is 1. The first-order chi connectivity index (χ1) is 17.4. The van der Waals surface area contributed by atoms with Crippen LogP contribution in [0.5, 0.6) is 11.5 Å². The Kier molecular flexibility index (Phi) is 5.77. The number of para-hydroxylation sites is 1. The molecule has 2 N–H and O–H groups in total. The molecule has 0 radical (unpaired) electrons. The fourth-order valence-electron chi connectivity index (χ4n) is 4.35. The summed E-state index contributed by atoms with van der Waals surface area (Å²) in [6, 6.07) is 17.6. The van der Waals surface area contributed by atoms with Crippen molar-refractivity contribution in [2.45, 2.75) is 12.3 Å². The zero-order chi connectivity index (χ0) is 25.4. The molecule has 0 saturated heterocycles. The Balaban J connectivity index is 1.85. The highest BCUT2D eigenvalue weighted by molar-refractivity contribution is 5.91. The van der Waals surface area contributed by atoms with Crippen LogP contribution in [0.4, 0.5) is 0 Å². The summed E-state index contributed by atoms with van der Waals surface area (Å²) in [6.07, 6.45) is 0.849. The van der Waals surface area contributed by atoms with Gasteiger partial charge in [-0.25, -0.2) is 0 Å². The average molecular weight is 484 g/mol. The van der Waals surface area contributed by atoms with Crippen molar-refractivity contribution in [1.29, 1.82) is 0 Å². The topological polar surface area (TPSA) is 127 Å². The fourth-order valence-corrected chi connectivity index (χ4v) is 4.35. The number of phenolic OH excluding ortho intramolecular Hbond substituents is 2. The lowest BCUT2D eigenvalue weighted by molar-refractivity contribution is -0.140. The van der Waals surface area contributed by atoms with Crippen LogP contribution in [0, 0.1) is 0 Å². The van der Waals surface area contributed by atoms with Gasteiger partial charge in [0.15, 0.2) is 10.9 Å². The molecule has 0 amide bonds. The lowest BCUT2D eigenvalue weighted by atomic mass is 9.86. The third-order valence-electron chi connectivity index (χ3n) is 6.09. The largest absolute Gasteiger partial charge is 0.507 e. The van der Waals surface area contributed by atoms with Crippen molar-refractivity contribution in [3.8, 4) is 22.8 Å². The Morgan fingerprint density at radius 2 is 1.69 bits per heavy atom. The van der Waals surface area contributed by atoms with E-state index in [0.29, 0.717) is 11.1 Å². The molecule has 2 heterocycles. The maximum Gasteiger partial charge on any atom is 0.306 e. The summed E-state index contributed by atoms with van der Waals surface area (Å²) < 4.78 is 16.6. The molecule has 36 heavy (non-hydrogen) atoms. The Hall–Kier alpha value is -4.85. The number of carbonyl (C=O) groups is 1. The van der Waals surface area contributed by atoms with E-state index in [4.69, 9.17) is 13.6 Å². The first-order valence-electron chi connectivity index (χ1n) is 11.0. The molecule has 0 fully saturated rings. The van der Waals surface area contributed by atoms with E-state index in [-0.39, 0.29) is 39.7 Å². The summed E-state index contributed by atoms with van der Waals surface area (Å²) in [5.41, 5.74) is -0.176. The SMILES string of the molecule is COC(=O)CC(c1coc2ccccc2c1=O)c1c(O)cc(O)c2c(=O)cc(-c3ccccc3)oc12. The maximum absolute atomic E-state index is 13.4. The van der Waals surface area contributed by atoms with Gasteiger partial charge in [-0.15, -0.1) is 0 Å². The van der Waals surface area contributed by atoms with E-state index in [9.17, 15) is 24.6 Å². The van der Waals surface area contributed by atoms with Crippen LogP contribution in [-0.2, 0) is 9.53 Å². The van der Waals surface area contributed by atoms with Crippen molar-refractivity contribution >= 4 is 27.9 Å². The van der Waals surface area contributed by atoms with Crippen LogP contribution in [0.3, 0.4) is 0 Å². The van der Waals surface area contributed by atoms with Crippen molar-refractivity contribution in [1.82, 2.24) is 0 Å². The molecule has 5 rings (SSSR count). The van der Waals surface area contributed by atoms with Crippen LogP contribution < -0.4 is 10.9 Å². The number of methoxy groups -OCH3 is 1. The molecule has 0 aliphatic carbocycles. The Labute approximate surface area is 203 Å². The van der Waals surface area contributed by atoms with Gasteiger partial charge in [-0.3, -0.25) is 14.4 Å². The second kappa shape index (κ2) is 9.07. The molecule has 2 aromatic heterocycles. The summed E-state index contributed by atoms with van der Waals surface area (Å²) in [6.45, 7) is 0. The van der Waals surface area contributed by atoms with Gasteiger partial charge < -0.3 is 23.8 Å². The minimum atomic E-state index is -1.12. The van der Waals surface area contributed by atoms with Gasteiger partial charge in [0.2, 0.25) is 0 Å². The average Bonchev–Trinajstić information content (AvgIpc) is 2.88. The van der Waals surface area contributed by atoms with Crippen LogP contribution in [0.15, 0.2) is 91.4 Å². The number of phenols is 2. The zero-order valence-corrected chi connectivity index (χ0v) is 19.1. The summed E-state index contributed by atoms with van der Waals surface area (Å²) in [4.78, 5) is 38.9. The summed E-state index contributed by atoms with van der Waals surface area (Å²) in [7, 11) is 1.20. The summed E-state index contributed by atoms with van der Waals surface area (Å²) in [5, 5.41) is 21.5. The van der Waals surface area contributed by atoms with Crippen LogP contribution in [0.1, 0.15) is 23.5 Å². The van der Waals surface area contributed by atoms with E-state index in [1.807, 2.05) is 0 Å². The van der Waals surface area contributed by atoms with Gasteiger partial charge >= 0.3 is 5.97 Å². The molecule has 0 bridgehead atoms. The number of benzene rings is 3. The van der Waals surface area contributed by atoms with E-state index < -0.39 is 34.2 Å². The minimum Gasteiger partial charge on any atom is -0.507 e. The van der Waals surface area contributed by atoms with E-state index in [2.05, 4.69) is 0 Å². The minimum absolute atomic E-state index is 0.0225. The highest BCUT2D eigenvalue weighted by Gasteiger charge is 2.30. The first kappa shape index (κ1) is 22.9. The number of hydrogen-bond acceptors (Lipinski definition) is 8. The molecule has 3 aromatic carbocycles. The van der Waals surface area contributed by atoms with Gasteiger partial charge in [0.1, 0.15) is 33.8 Å². The van der Waals surface area contributed by atoms with Crippen LogP contribution >= 0.6 is 0 Å². The van der Waals surface area contributed by atoms with E-state index in [1.54, 1.807) is 54.6 Å². The lowest BCUT2D eigenvalue weighted by Gasteiger charge is -2.19. The molecule has 0 aliphatic heterocycles. The predicted octanol–water partition coefficient (Wildman–Crippen LogP) is 4.67. The normalized spacial score (nSPS) is 12.0. The number of hydrogen-bond donors (Lipinski definition) is 2. The van der Waals surface area contributed by atoms with Crippen molar-refractivity contribution in [2.75, 3.05) is 7.11 Å². The monoisotopic (exact) mass is 484 g/mol. The van der Waals surface area contributed by atoms with Gasteiger partial charge in [-0.05, 0) is 12.1 Å². The van der Waals surface area contributed by atoms with Gasteiger partial charge in [0.25, 0.3) is 0 Å². The summed E-state index contributed by atoms with van der Waals surface area (Å²) >= 11 is 0. The zero-order valence-electron chi connectivity index (χ0n) is 19.1. The molecule has 180 valence electrons. The third-order valence-corrected chi connectivity index (χ3v) is 6.09. The van der Waals surface area contributed by atoms with Crippen LogP contribution in [-0.4, -0.2) is 23.3 Å². The number of aromatic hydroxyl groups is 2. The van der Waals surface area contributed by atoms with Crippen LogP contribution in [0.25, 0.3) is 33.3 Å². The Morgan fingerprint density at radius 3 is 2.44 bits per heavy atom. The smallest absolute Gasteiger partial charge is 0.306 e. The molecular formula is C28H20O8. The van der Waals surface area contributed by atoms with Gasteiger partial charge in [-0.2, -0.15) is 0 Å². The predicted molar refractivity (Wildman–Crippen MR) is 132 cm³/mol. The second-order valence-electron chi connectivity index (χ2n) is 8.22. The fraction of sp³-hybridized carbons (Fsp3) is 0.107. The quantitative estimate of drug-likeness (QED) is 0.345. The molecule has 5 aromatic rings. The molecule has 8 heteroatoms. The molecule has 0 spiro atoms. The standard InChI is InChI=1S/C28H20O8/c1-34-24(32)11-17(18-14-35-22-10-6-5-9-16(22)27(18)33)25-19(29)12-20(30)26-21(31)13-23(36-28(25)26)15-7-3-2-4-8-15/h2-10,12-14,17,29-30H,11H2,1H3. The number of fused-ring (bicyclic) bond motifs is 2. The molecule has 0 aliphatic rings. The second-order valence-corrected chi connectivity index (χ2v) is 8.22. The van der Waals surface area contributed by atoms with E-state index >= 15 is 0 Å². The van der Waals surface area contributed by atoms with E-state index in [0.717, 1.165) is 6.07 Å². The molecular weight excluding hydrogens is 464 g/mol. The van der Waals surface area contributed by atoms with Gasteiger partial charge in [-0.1, -0.05) is 42.5 Å². The van der Waals surface area contributed by atoms with Crippen molar-refractivity contribution in [3.63, 3.8) is 0 Å². The first-order valence-corrected chi connectivity index (χ1v) is 11.0. The van der Waals surface area contributed by atoms with Gasteiger partial charge in [0, 0.05) is 34.7 Å². The van der Waals surface area contributed by atoms with E-state index in [1.165, 1.54) is 19.4 Å². The van der Waals surface area contributed by atoms with Crippen LogP contribution in [0.2, 0.25) is 0 Å². The van der Waals surface area contributed by atoms with Crippen molar-refractivity contribution in [3.05, 3.63) is 105 Å². The van der Waals surface area contributed by atoms with Crippen molar-refractivity contribution in [2.24, 2.45) is 0 Å². The Bertz CT molecular complexity index is 1730. The third kappa shape index (κ3) is 3.88. The number of rotatable bonds is 5. The lowest BCUT2D eigenvalue weighted by Crippen LogP contribution is -2.19. The molecule has 1 atom stereocenters. The highest BCUT2D eigenvalue weighted by atomic mass is 16.5. The van der Waals surface area contributed by atoms with Crippen molar-refractivity contribution < 1.29 is 28.6 Å². The number of esters is 1. The van der Waals surface area contributed by atoms with Gasteiger partial charge in [0.05, 0.1) is 25.2 Å². The Morgan fingerprint density at radius 1 is 0.972 bits per heavy atom. The molecule has 0 saturated carbocycles. The highest BCUT2D eigenvalue weighted by Crippen LogP contribution is 2.42. The summed E-state index contributed by atoms with van der Waals surface area (Å²) in [5.74, 6) is -2.57. The molecule has 8 nitrogen and oxygen atoms in total. The molecule has 1 unspecified atom stereocenters.